The van der Waals surface area contributed by atoms with Crippen molar-refractivity contribution in [1.82, 2.24) is 5.32 Å². The van der Waals surface area contributed by atoms with Crippen LogP contribution in [0.25, 0.3) is 10.8 Å². The Bertz CT molecular complexity index is 1400. The third kappa shape index (κ3) is 6.07. The Balaban J connectivity index is 1.63. The Morgan fingerprint density at radius 2 is 1.46 bits per heavy atom. The van der Waals surface area contributed by atoms with E-state index in [-0.39, 0.29) is 19.6 Å². The Hall–Kier alpha value is -4.37. The van der Waals surface area contributed by atoms with E-state index in [1.807, 2.05) is 85.8 Å². The maximum Gasteiger partial charge on any atom is 0.336 e. The first-order valence-electron chi connectivity index (χ1n) is 12.4. The molecule has 0 aliphatic carbocycles. The molecule has 1 heterocycles. The van der Waals surface area contributed by atoms with Crippen LogP contribution < -0.4 is 5.32 Å². The van der Waals surface area contributed by atoms with Crippen LogP contribution in [0.5, 0.6) is 0 Å². The number of fused-ring (bicyclic) bond motifs is 1. The van der Waals surface area contributed by atoms with E-state index in [0.29, 0.717) is 29.0 Å². The fraction of sp³-hybridized carbons (Fsp3) is 0.258. The SMILES string of the molecule is CC1=C(C(=O)OCCC#N)C(c2ccc3ccccc3c2)C(C(=O)OCCCc2ccccc2)=C(C)N1. The van der Waals surface area contributed by atoms with Crippen LogP contribution in [0.1, 0.15) is 43.7 Å². The van der Waals surface area contributed by atoms with Gasteiger partial charge in [0.1, 0.15) is 6.61 Å². The van der Waals surface area contributed by atoms with Crippen LogP contribution in [0.3, 0.4) is 0 Å². The number of esters is 2. The number of rotatable bonds is 9. The number of carbonyl (C=O) groups excluding carboxylic acids is 2. The minimum absolute atomic E-state index is 0.0154. The minimum atomic E-state index is -0.665. The van der Waals surface area contributed by atoms with Crippen LogP contribution >= 0.6 is 0 Å². The predicted molar refractivity (Wildman–Crippen MR) is 142 cm³/mol. The quantitative estimate of drug-likeness (QED) is 0.303. The topological polar surface area (TPSA) is 88.4 Å². The molecule has 1 aliphatic rings. The minimum Gasteiger partial charge on any atom is -0.462 e. The molecule has 1 unspecified atom stereocenters. The normalized spacial score (nSPS) is 15.2. The molecule has 3 aromatic rings. The van der Waals surface area contributed by atoms with Crippen molar-refractivity contribution in [2.24, 2.45) is 0 Å². The van der Waals surface area contributed by atoms with Gasteiger partial charge >= 0.3 is 11.9 Å². The van der Waals surface area contributed by atoms with Crippen molar-refractivity contribution >= 4 is 22.7 Å². The summed E-state index contributed by atoms with van der Waals surface area (Å²) in [5.41, 5.74) is 3.95. The molecule has 0 amide bonds. The number of hydrogen-bond donors (Lipinski definition) is 1. The average Bonchev–Trinajstić information content (AvgIpc) is 2.91. The Kier molecular flexibility index (Phi) is 8.37. The summed E-state index contributed by atoms with van der Waals surface area (Å²) in [7, 11) is 0. The molecule has 0 saturated carbocycles. The van der Waals surface area contributed by atoms with Gasteiger partial charge in [-0.05, 0) is 48.6 Å². The fourth-order valence-corrected chi connectivity index (χ4v) is 4.69. The number of hydrogen-bond acceptors (Lipinski definition) is 6. The highest BCUT2D eigenvalue weighted by Crippen LogP contribution is 2.40. The Labute approximate surface area is 217 Å². The molecule has 4 rings (SSSR count). The second kappa shape index (κ2) is 12.0. The van der Waals surface area contributed by atoms with Crippen LogP contribution in [-0.2, 0) is 25.5 Å². The van der Waals surface area contributed by atoms with Crippen molar-refractivity contribution in [3.8, 4) is 6.07 Å². The van der Waals surface area contributed by atoms with E-state index in [2.05, 4.69) is 5.32 Å². The van der Waals surface area contributed by atoms with Gasteiger partial charge < -0.3 is 14.8 Å². The van der Waals surface area contributed by atoms with E-state index in [0.717, 1.165) is 22.8 Å². The lowest BCUT2D eigenvalue weighted by Gasteiger charge is -2.30. The number of carbonyl (C=O) groups is 2. The lowest BCUT2D eigenvalue weighted by molar-refractivity contribution is -0.140. The van der Waals surface area contributed by atoms with Crippen LogP contribution in [0.2, 0.25) is 0 Å². The number of ether oxygens (including phenoxy) is 2. The highest BCUT2D eigenvalue weighted by atomic mass is 16.5. The van der Waals surface area contributed by atoms with E-state index < -0.39 is 17.9 Å². The molecule has 0 spiro atoms. The van der Waals surface area contributed by atoms with Crippen LogP contribution in [0, 0.1) is 11.3 Å². The van der Waals surface area contributed by atoms with Crippen molar-refractivity contribution < 1.29 is 19.1 Å². The van der Waals surface area contributed by atoms with Crippen molar-refractivity contribution in [3.63, 3.8) is 0 Å². The number of nitrogens with one attached hydrogen (secondary N) is 1. The summed E-state index contributed by atoms with van der Waals surface area (Å²) >= 11 is 0. The molecule has 1 atom stereocenters. The Morgan fingerprint density at radius 3 is 2.14 bits per heavy atom. The number of benzene rings is 3. The van der Waals surface area contributed by atoms with Crippen molar-refractivity contribution in [2.75, 3.05) is 13.2 Å². The van der Waals surface area contributed by atoms with Gasteiger partial charge in [-0.2, -0.15) is 5.26 Å². The first-order valence-corrected chi connectivity index (χ1v) is 12.4. The number of dihydropyridines is 1. The van der Waals surface area contributed by atoms with Crippen LogP contribution in [-0.4, -0.2) is 25.2 Å². The van der Waals surface area contributed by atoms with E-state index >= 15 is 0 Å². The molecule has 0 bridgehead atoms. The summed E-state index contributed by atoms with van der Waals surface area (Å²) in [5.74, 6) is -1.69. The molecular formula is C31H30N2O4. The zero-order chi connectivity index (χ0) is 26.2. The fourth-order valence-electron chi connectivity index (χ4n) is 4.69. The van der Waals surface area contributed by atoms with E-state index in [4.69, 9.17) is 14.7 Å². The van der Waals surface area contributed by atoms with E-state index in [1.54, 1.807) is 6.92 Å². The molecule has 6 heteroatoms. The van der Waals surface area contributed by atoms with Crippen molar-refractivity contribution in [3.05, 3.63) is 106 Å². The lowest BCUT2D eigenvalue weighted by atomic mass is 9.80. The predicted octanol–water partition coefficient (Wildman–Crippen LogP) is 5.71. The van der Waals surface area contributed by atoms with Gasteiger partial charge in [-0.15, -0.1) is 0 Å². The largest absolute Gasteiger partial charge is 0.462 e. The molecule has 37 heavy (non-hydrogen) atoms. The molecule has 1 aliphatic heterocycles. The van der Waals surface area contributed by atoms with E-state index in [1.165, 1.54) is 5.56 Å². The Morgan fingerprint density at radius 1 is 0.838 bits per heavy atom. The van der Waals surface area contributed by atoms with Gasteiger partial charge in [0.05, 0.1) is 36.2 Å². The van der Waals surface area contributed by atoms with E-state index in [9.17, 15) is 9.59 Å². The van der Waals surface area contributed by atoms with Gasteiger partial charge in [0.25, 0.3) is 0 Å². The zero-order valence-corrected chi connectivity index (χ0v) is 21.1. The smallest absolute Gasteiger partial charge is 0.336 e. The maximum absolute atomic E-state index is 13.5. The highest BCUT2D eigenvalue weighted by molar-refractivity contribution is 6.00. The third-order valence-corrected chi connectivity index (χ3v) is 6.44. The lowest BCUT2D eigenvalue weighted by Crippen LogP contribution is -2.32. The molecular weight excluding hydrogens is 464 g/mol. The first kappa shape index (κ1) is 25.7. The molecule has 188 valence electrons. The van der Waals surface area contributed by atoms with Crippen LogP contribution in [0.15, 0.2) is 95.3 Å². The van der Waals surface area contributed by atoms with Gasteiger partial charge in [-0.3, -0.25) is 0 Å². The second-order valence-electron chi connectivity index (χ2n) is 9.01. The van der Waals surface area contributed by atoms with Gasteiger partial charge in [-0.25, -0.2) is 9.59 Å². The molecule has 0 saturated heterocycles. The second-order valence-corrected chi connectivity index (χ2v) is 9.01. The van der Waals surface area contributed by atoms with Gasteiger partial charge in [-0.1, -0.05) is 72.8 Å². The third-order valence-electron chi connectivity index (χ3n) is 6.44. The zero-order valence-electron chi connectivity index (χ0n) is 21.1. The van der Waals surface area contributed by atoms with Crippen molar-refractivity contribution in [1.29, 1.82) is 5.26 Å². The molecule has 3 aromatic carbocycles. The number of allylic oxidation sites excluding steroid dienone is 2. The molecule has 1 N–H and O–H groups in total. The van der Waals surface area contributed by atoms with Crippen molar-refractivity contribution in [2.45, 2.75) is 39.0 Å². The summed E-state index contributed by atoms with van der Waals surface area (Å²) in [6.07, 6.45) is 1.58. The van der Waals surface area contributed by atoms with Gasteiger partial charge in [0, 0.05) is 11.4 Å². The summed E-state index contributed by atoms with van der Waals surface area (Å²) in [5, 5.41) is 14.1. The van der Waals surface area contributed by atoms with Gasteiger partial charge in [0.2, 0.25) is 0 Å². The first-order chi connectivity index (χ1) is 18.0. The summed E-state index contributed by atoms with van der Waals surface area (Å²) in [6, 6.07) is 25.9. The molecule has 0 radical (unpaired) electrons. The average molecular weight is 495 g/mol. The molecule has 0 fully saturated rings. The number of aryl methyl sites for hydroxylation is 1. The monoisotopic (exact) mass is 494 g/mol. The number of nitriles is 1. The summed E-state index contributed by atoms with van der Waals surface area (Å²) in [6.45, 7) is 3.86. The highest BCUT2D eigenvalue weighted by Gasteiger charge is 2.38. The summed E-state index contributed by atoms with van der Waals surface area (Å²) < 4.78 is 11.1. The summed E-state index contributed by atoms with van der Waals surface area (Å²) in [4.78, 5) is 26.7. The van der Waals surface area contributed by atoms with Gasteiger partial charge in [0.15, 0.2) is 0 Å². The standard InChI is InChI=1S/C31H30N2O4/c1-21-27(30(34)36-18-8-12-23-10-4-3-5-11-23)29(26-16-15-24-13-6-7-14-25(24)20-26)28(22(2)33-21)31(35)37-19-9-17-32/h3-7,10-11,13-16,20,29,33H,8-9,12,18-19H2,1-2H3. The maximum atomic E-state index is 13.5. The number of nitrogens with zero attached hydrogens (tertiary/aromatic N) is 1. The van der Waals surface area contributed by atoms with Crippen LogP contribution in [0.4, 0.5) is 0 Å². The molecule has 0 aromatic heterocycles. The molecule has 6 nitrogen and oxygen atoms in total.